The van der Waals surface area contributed by atoms with Gasteiger partial charge in [0.25, 0.3) is 0 Å². The van der Waals surface area contributed by atoms with E-state index in [4.69, 9.17) is 4.52 Å². The van der Waals surface area contributed by atoms with Gasteiger partial charge in [0, 0.05) is 57.5 Å². The highest BCUT2D eigenvalue weighted by Crippen LogP contribution is 2.39. The molecule has 2 N–H and O–H groups in total. The van der Waals surface area contributed by atoms with Crippen molar-refractivity contribution in [2.45, 2.75) is 38.0 Å². The van der Waals surface area contributed by atoms with E-state index in [2.05, 4.69) is 25.7 Å². The van der Waals surface area contributed by atoms with Gasteiger partial charge in [0.15, 0.2) is 5.82 Å². The molecule has 4 fully saturated rings. The van der Waals surface area contributed by atoms with Crippen LogP contribution in [0.2, 0.25) is 0 Å². The topological polar surface area (TPSA) is 83.3 Å². The van der Waals surface area contributed by atoms with Crippen molar-refractivity contribution in [2.75, 3.05) is 39.3 Å². The molecule has 1 aromatic heterocycles. The van der Waals surface area contributed by atoms with Crippen LogP contribution in [0.1, 0.15) is 43.3 Å². The van der Waals surface area contributed by atoms with Gasteiger partial charge in [-0.1, -0.05) is 5.16 Å². The van der Waals surface area contributed by atoms with Crippen molar-refractivity contribution < 1.29 is 9.32 Å². The second-order valence-corrected chi connectivity index (χ2v) is 8.38. The Balaban J connectivity index is 0.00000105. The quantitative estimate of drug-likeness (QED) is 0.769. The summed E-state index contributed by atoms with van der Waals surface area (Å²) in [4.78, 5) is 19.8. The van der Waals surface area contributed by atoms with Crippen molar-refractivity contribution in [3.05, 3.63) is 11.7 Å². The predicted octanol–water partition coefficient (Wildman–Crippen LogP) is 1.38. The minimum atomic E-state index is -0.195. The number of nitrogens with zero attached hydrogens (tertiary/aromatic N) is 3. The summed E-state index contributed by atoms with van der Waals surface area (Å²) in [6, 6.07) is 0. The Morgan fingerprint density at radius 3 is 2.41 bits per heavy atom. The molecule has 0 unspecified atom stereocenters. The van der Waals surface area contributed by atoms with Crippen LogP contribution >= 0.6 is 24.8 Å². The number of halogens is 2. The fourth-order valence-corrected chi connectivity index (χ4v) is 4.84. The van der Waals surface area contributed by atoms with Crippen molar-refractivity contribution in [3.8, 4) is 0 Å². The highest BCUT2D eigenvalue weighted by Gasteiger charge is 2.53. The van der Waals surface area contributed by atoms with Gasteiger partial charge >= 0.3 is 0 Å². The highest BCUT2D eigenvalue weighted by molar-refractivity contribution is 5.86. The van der Waals surface area contributed by atoms with Crippen LogP contribution in [0.3, 0.4) is 0 Å². The Bertz CT molecular complexity index is 648. The van der Waals surface area contributed by atoms with E-state index < -0.39 is 0 Å². The van der Waals surface area contributed by atoms with Crippen LogP contribution in [0.4, 0.5) is 0 Å². The van der Waals surface area contributed by atoms with E-state index in [1.807, 2.05) is 0 Å². The summed E-state index contributed by atoms with van der Waals surface area (Å²) in [5.74, 6) is 3.58. The number of likely N-dealkylation sites (tertiary alicyclic amines) is 1. The molecule has 4 aliphatic rings. The standard InChI is InChI=1S/C18H27N5O2.2ClH/c24-17(18-10-19-8-14(18)9-20-11-18)23-5-3-12(4-6-23)7-15-21-16(25-22-15)13-1-2-13;;/h12-14,19-20H,1-11H2;2*1H. The Labute approximate surface area is 172 Å². The van der Waals surface area contributed by atoms with Crippen LogP contribution in [0.15, 0.2) is 4.52 Å². The molecule has 1 amide bonds. The van der Waals surface area contributed by atoms with E-state index in [0.717, 1.165) is 70.2 Å². The average molecular weight is 418 g/mol. The van der Waals surface area contributed by atoms with Crippen LogP contribution in [-0.4, -0.2) is 60.2 Å². The van der Waals surface area contributed by atoms with Gasteiger partial charge in [0.2, 0.25) is 11.8 Å². The summed E-state index contributed by atoms with van der Waals surface area (Å²) in [6.07, 6.45) is 5.35. The fourth-order valence-electron chi connectivity index (χ4n) is 4.84. The Morgan fingerprint density at radius 1 is 1.11 bits per heavy atom. The van der Waals surface area contributed by atoms with E-state index in [1.165, 1.54) is 12.8 Å². The molecule has 1 saturated carbocycles. The molecule has 27 heavy (non-hydrogen) atoms. The molecule has 0 atom stereocenters. The molecule has 5 rings (SSSR count). The number of carbonyl (C=O) groups excluding carboxylic acids is 1. The fraction of sp³-hybridized carbons (Fsp3) is 0.833. The summed E-state index contributed by atoms with van der Waals surface area (Å²) in [5, 5.41) is 11.0. The van der Waals surface area contributed by atoms with E-state index in [9.17, 15) is 4.79 Å². The lowest BCUT2D eigenvalue weighted by molar-refractivity contribution is -0.143. The maximum atomic E-state index is 13.2. The van der Waals surface area contributed by atoms with Crippen LogP contribution in [0.5, 0.6) is 0 Å². The largest absolute Gasteiger partial charge is 0.342 e. The van der Waals surface area contributed by atoms with Gasteiger partial charge in [0.1, 0.15) is 0 Å². The summed E-state index contributed by atoms with van der Waals surface area (Å²) in [5.41, 5.74) is -0.195. The first-order valence-corrected chi connectivity index (χ1v) is 9.78. The molecule has 1 aliphatic carbocycles. The molecule has 3 saturated heterocycles. The van der Waals surface area contributed by atoms with Crippen molar-refractivity contribution >= 4 is 30.7 Å². The van der Waals surface area contributed by atoms with Crippen molar-refractivity contribution in [3.63, 3.8) is 0 Å². The molecule has 1 aromatic rings. The molecule has 0 aromatic carbocycles. The molecule has 7 nitrogen and oxygen atoms in total. The summed E-state index contributed by atoms with van der Waals surface area (Å²) >= 11 is 0. The van der Waals surface area contributed by atoms with Crippen molar-refractivity contribution in [1.29, 1.82) is 0 Å². The van der Waals surface area contributed by atoms with Gasteiger partial charge in [0.05, 0.1) is 5.41 Å². The van der Waals surface area contributed by atoms with Gasteiger partial charge in [-0.25, -0.2) is 0 Å². The third-order valence-corrected chi connectivity index (χ3v) is 6.65. The maximum absolute atomic E-state index is 13.2. The normalized spacial score (nSPS) is 30.5. The first-order chi connectivity index (χ1) is 12.2. The summed E-state index contributed by atoms with van der Waals surface area (Å²) in [6.45, 7) is 5.33. The zero-order valence-electron chi connectivity index (χ0n) is 15.5. The number of rotatable bonds is 4. The van der Waals surface area contributed by atoms with Crippen LogP contribution < -0.4 is 10.6 Å². The van der Waals surface area contributed by atoms with E-state index >= 15 is 0 Å². The lowest BCUT2D eigenvalue weighted by Crippen LogP contribution is -2.51. The SMILES string of the molecule is Cl.Cl.O=C(N1CCC(Cc2noc(C3CC3)n2)CC1)C12CNCC1CNC2. The van der Waals surface area contributed by atoms with Crippen molar-refractivity contribution in [1.82, 2.24) is 25.7 Å². The first-order valence-electron chi connectivity index (χ1n) is 9.78. The first kappa shape index (κ1) is 20.8. The number of aromatic nitrogens is 2. The predicted molar refractivity (Wildman–Crippen MR) is 105 cm³/mol. The molecular weight excluding hydrogens is 389 g/mol. The number of carbonyl (C=O) groups is 1. The van der Waals surface area contributed by atoms with Gasteiger partial charge in [-0.05, 0) is 31.6 Å². The zero-order valence-corrected chi connectivity index (χ0v) is 17.1. The van der Waals surface area contributed by atoms with Gasteiger partial charge in [-0.3, -0.25) is 4.79 Å². The molecule has 0 spiro atoms. The maximum Gasteiger partial charge on any atom is 0.231 e. The Morgan fingerprint density at radius 2 is 1.78 bits per heavy atom. The van der Waals surface area contributed by atoms with Crippen LogP contribution in [0, 0.1) is 17.3 Å². The monoisotopic (exact) mass is 417 g/mol. The lowest BCUT2D eigenvalue weighted by atomic mass is 9.79. The molecule has 9 heteroatoms. The van der Waals surface area contributed by atoms with Crippen molar-refractivity contribution in [2.24, 2.45) is 17.3 Å². The number of piperidine rings is 1. The molecule has 4 heterocycles. The van der Waals surface area contributed by atoms with Crippen LogP contribution in [0.25, 0.3) is 0 Å². The molecule has 0 bridgehead atoms. The third kappa shape index (κ3) is 3.84. The van der Waals surface area contributed by atoms with Gasteiger partial charge in [-0.2, -0.15) is 4.98 Å². The molecule has 152 valence electrons. The summed E-state index contributed by atoms with van der Waals surface area (Å²) in [7, 11) is 0. The second kappa shape index (κ2) is 8.23. The second-order valence-electron chi connectivity index (χ2n) is 8.38. The van der Waals surface area contributed by atoms with Crippen LogP contribution in [-0.2, 0) is 11.2 Å². The number of nitrogens with one attached hydrogen (secondary N) is 2. The number of amides is 1. The van der Waals surface area contributed by atoms with E-state index in [-0.39, 0.29) is 30.2 Å². The Kier molecular flexibility index (Phi) is 6.35. The molecule has 0 radical (unpaired) electrons. The smallest absolute Gasteiger partial charge is 0.231 e. The minimum Gasteiger partial charge on any atom is -0.342 e. The Hall–Kier alpha value is -0.890. The lowest BCUT2D eigenvalue weighted by Gasteiger charge is -2.38. The molecular formula is C18H29Cl2N5O2. The van der Waals surface area contributed by atoms with E-state index in [0.29, 0.717) is 23.7 Å². The van der Waals surface area contributed by atoms with E-state index in [1.54, 1.807) is 0 Å². The summed E-state index contributed by atoms with van der Waals surface area (Å²) < 4.78 is 5.36. The average Bonchev–Trinajstić information content (AvgIpc) is 3.04. The minimum absolute atomic E-state index is 0. The number of hydrogen-bond donors (Lipinski definition) is 2. The third-order valence-electron chi connectivity index (χ3n) is 6.65. The highest BCUT2D eigenvalue weighted by atomic mass is 35.5. The van der Waals surface area contributed by atoms with Gasteiger partial charge in [-0.15, -0.1) is 24.8 Å². The number of fused-ring (bicyclic) bond motifs is 1. The number of hydrogen-bond acceptors (Lipinski definition) is 6. The zero-order chi connectivity index (χ0) is 16.9. The van der Waals surface area contributed by atoms with Gasteiger partial charge < -0.3 is 20.1 Å². The molecule has 3 aliphatic heterocycles.